The molecule has 8 heteroatoms. The molecule has 29 heavy (non-hydrogen) atoms. The van der Waals surface area contributed by atoms with Crippen LogP contribution >= 0.6 is 11.6 Å². The summed E-state index contributed by atoms with van der Waals surface area (Å²) in [4.78, 5) is 26.6. The molecule has 7 nitrogen and oxygen atoms in total. The molecule has 1 aromatic carbocycles. The lowest BCUT2D eigenvalue weighted by molar-refractivity contribution is -0.138. The number of anilines is 1. The molecule has 0 saturated heterocycles. The second kappa shape index (κ2) is 9.31. The van der Waals surface area contributed by atoms with Crippen LogP contribution in [0, 0.1) is 0 Å². The molecule has 1 aromatic heterocycles. The van der Waals surface area contributed by atoms with Gasteiger partial charge in [0.1, 0.15) is 18.1 Å². The van der Waals surface area contributed by atoms with Gasteiger partial charge >= 0.3 is 0 Å². The van der Waals surface area contributed by atoms with Gasteiger partial charge in [-0.3, -0.25) is 14.3 Å². The molecule has 1 heterocycles. The van der Waals surface area contributed by atoms with Gasteiger partial charge in [0.25, 0.3) is 5.91 Å². The lowest BCUT2D eigenvalue weighted by atomic mass is 9.92. The lowest BCUT2D eigenvalue weighted by Gasteiger charge is -2.26. The summed E-state index contributed by atoms with van der Waals surface area (Å²) in [5.74, 6) is 0.571. The molecular formula is C21H29ClN4O3. The molecule has 0 radical (unpaired) electrons. The third-order valence-electron chi connectivity index (χ3n) is 4.35. The first kappa shape index (κ1) is 22.7. The highest BCUT2D eigenvalue weighted by Crippen LogP contribution is 2.23. The van der Waals surface area contributed by atoms with Gasteiger partial charge in [0, 0.05) is 29.6 Å². The van der Waals surface area contributed by atoms with E-state index in [1.165, 1.54) is 4.90 Å². The second-order valence-electron chi connectivity index (χ2n) is 8.19. The summed E-state index contributed by atoms with van der Waals surface area (Å²) in [7, 11) is 1.77. The number of benzene rings is 1. The van der Waals surface area contributed by atoms with E-state index in [-0.39, 0.29) is 36.4 Å². The highest BCUT2D eigenvalue weighted by atomic mass is 35.5. The summed E-state index contributed by atoms with van der Waals surface area (Å²) < 4.78 is 7.15. The number of ether oxygens (including phenoxy) is 1. The van der Waals surface area contributed by atoms with Crippen molar-refractivity contribution in [3.63, 3.8) is 0 Å². The average molecular weight is 421 g/mol. The molecule has 0 unspecified atom stereocenters. The number of carbonyl (C=O) groups excluding carboxylic acids is 2. The van der Waals surface area contributed by atoms with E-state index in [4.69, 9.17) is 16.3 Å². The van der Waals surface area contributed by atoms with E-state index in [2.05, 4.69) is 31.2 Å². The van der Waals surface area contributed by atoms with Crippen LogP contribution in [0.25, 0.3) is 0 Å². The fourth-order valence-electron chi connectivity index (χ4n) is 2.61. The van der Waals surface area contributed by atoms with Crippen molar-refractivity contribution in [1.29, 1.82) is 0 Å². The predicted molar refractivity (Wildman–Crippen MR) is 114 cm³/mol. The summed E-state index contributed by atoms with van der Waals surface area (Å²) >= 11 is 5.85. The maximum Gasteiger partial charge on any atom is 0.261 e. The van der Waals surface area contributed by atoms with Crippen LogP contribution < -0.4 is 10.1 Å². The Bertz CT molecular complexity index is 854. The molecule has 1 N–H and O–H groups in total. The lowest BCUT2D eigenvalue weighted by Crippen LogP contribution is -2.44. The van der Waals surface area contributed by atoms with Gasteiger partial charge in [-0.25, -0.2) is 0 Å². The molecule has 0 fully saturated rings. The largest absolute Gasteiger partial charge is 0.484 e. The Morgan fingerprint density at radius 1 is 1.24 bits per heavy atom. The third-order valence-corrected chi connectivity index (χ3v) is 4.60. The quantitative estimate of drug-likeness (QED) is 0.742. The zero-order valence-corrected chi connectivity index (χ0v) is 18.6. The number of carbonyl (C=O) groups is 2. The van der Waals surface area contributed by atoms with E-state index in [1.54, 1.807) is 36.0 Å². The Morgan fingerprint density at radius 2 is 1.86 bits per heavy atom. The zero-order chi connectivity index (χ0) is 21.8. The van der Waals surface area contributed by atoms with Gasteiger partial charge in [0.05, 0.1) is 5.69 Å². The second-order valence-corrected chi connectivity index (χ2v) is 8.63. The van der Waals surface area contributed by atoms with E-state index in [0.717, 1.165) is 5.69 Å². The summed E-state index contributed by atoms with van der Waals surface area (Å²) in [5, 5.41) is 7.87. The third kappa shape index (κ3) is 6.49. The Labute approximate surface area is 177 Å². The number of nitrogens with zero attached hydrogens (tertiary/aromatic N) is 3. The molecule has 0 aliphatic carbocycles. The molecule has 158 valence electrons. The predicted octanol–water partition coefficient (Wildman–Crippen LogP) is 3.63. The minimum Gasteiger partial charge on any atom is -0.484 e. The first-order valence-electron chi connectivity index (χ1n) is 9.49. The summed E-state index contributed by atoms with van der Waals surface area (Å²) in [6, 6.07) is 8.46. The first-order valence-corrected chi connectivity index (χ1v) is 9.87. The molecule has 2 aromatic rings. The number of rotatable bonds is 7. The number of amides is 2. The Balaban J connectivity index is 1.98. The summed E-state index contributed by atoms with van der Waals surface area (Å²) in [5.41, 5.74) is 0.753. The van der Waals surface area contributed by atoms with E-state index in [0.29, 0.717) is 16.6 Å². The molecule has 0 aliphatic rings. The van der Waals surface area contributed by atoms with Crippen LogP contribution in [0.2, 0.25) is 5.02 Å². The normalized spacial score (nSPS) is 11.4. The summed E-state index contributed by atoms with van der Waals surface area (Å²) in [6.45, 7) is 9.65. The van der Waals surface area contributed by atoms with Crippen molar-refractivity contribution < 1.29 is 14.3 Å². The van der Waals surface area contributed by atoms with Crippen molar-refractivity contribution in [3.05, 3.63) is 41.0 Å². The fourth-order valence-corrected chi connectivity index (χ4v) is 2.73. The number of aromatic nitrogens is 2. The SMILES string of the molecule is CC(C)N(CC(=O)Nc1cc(C(C)(C)C)nn1C)C(=O)COc1ccc(Cl)cc1. The molecule has 0 bridgehead atoms. The number of nitrogens with one attached hydrogen (secondary N) is 1. The van der Waals surface area contributed by atoms with Crippen molar-refractivity contribution in [3.8, 4) is 5.75 Å². The van der Waals surface area contributed by atoms with E-state index in [9.17, 15) is 9.59 Å². The van der Waals surface area contributed by atoms with Crippen LogP contribution in [0.5, 0.6) is 5.75 Å². The minimum absolute atomic E-state index is 0.0729. The highest BCUT2D eigenvalue weighted by molar-refractivity contribution is 6.30. The van der Waals surface area contributed by atoms with E-state index in [1.807, 2.05) is 19.9 Å². The van der Waals surface area contributed by atoms with Crippen LogP contribution in [-0.4, -0.2) is 45.7 Å². The van der Waals surface area contributed by atoms with Crippen molar-refractivity contribution in [1.82, 2.24) is 14.7 Å². The fraction of sp³-hybridized carbons (Fsp3) is 0.476. The number of aryl methyl sites for hydroxylation is 1. The molecule has 0 atom stereocenters. The van der Waals surface area contributed by atoms with Crippen molar-refractivity contribution in [2.45, 2.75) is 46.1 Å². The standard InChI is InChI=1S/C21H29ClN4O3/c1-14(2)26(20(28)13-29-16-9-7-15(22)8-10-16)12-19(27)23-18-11-17(21(3,4)5)24-25(18)6/h7-11,14H,12-13H2,1-6H3,(H,23,27). The molecule has 0 spiro atoms. The van der Waals surface area contributed by atoms with Crippen LogP contribution in [-0.2, 0) is 22.1 Å². The van der Waals surface area contributed by atoms with Crippen molar-refractivity contribution in [2.75, 3.05) is 18.5 Å². The monoisotopic (exact) mass is 420 g/mol. The first-order chi connectivity index (χ1) is 13.5. The van der Waals surface area contributed by atoms with Gasteiger partial charge in [-0.15, -0.1) is 0 Å². The van der Waals surface area contributed by atoms with Gasteiger partial charge in [0.15, 0.2) is 6.61 Å². The number of halogens is 1. The van der Waals surface area contributed by atoms with E-state index < -0.39 is 0 Å². The molecule has 2 rings (SSSR count). The van der Waals surface area contributed by atoms with Crippen molar-refractivity contribution >= 4 is 29.2 Å². The molecule has 0 saturated carbocycles. The van der Waals surface area contributed by atoms with Gasteiger partial charge < -0.3 is 15.0 Å². The molecular weight excluding hydrogens is 392 g/mol. The Morgan fingerprint density at radius 3 is 2.38 bits per heavy atom. The zero-order valence-electron chi connectivity index (χ0n) is 17.8. The smallest absolute Gasteiger partial charge is 0.261 e. The highest BCUT2D eigenvalue weighted by Gasteiger charge is 2.23. The van der Waals surface area contributed by atoms with Crippen molar-refractivity contribution in [2.24, 2.45) is 7.05 Å². The van der Waals surface area contributed by atoms with Gasteiger partial charge in [-0.1, -0.05) is 32.4 Å². The Hall–Kier alpha value is -2.54. The van der Waals surface area contributed by atoms with Crippen LogP contribution in [0.3, 0.4) is 0 Å². The van der Waals surface area contributed by atoms with Gasteiger partial charge in [0.2, 0.25) is 5.91 Å². The minimum atomic E-state index is -0.290. The number of hydrogen-bond donors (Lipinski definition) is 1. The molecule has 2 amide bonds. The maximum atomic E-state index is 12.6. The maximum absolute atomic E-state index is 12.6. The van der Waals surface area contributed by atoms with Crippen LogP contribution in [0.4, 0.5) is 5.82 Å². The average Bonchev–Trinajstić information content (AvgIpc) is 2.99. The van der Waals surface area contributed by atoms with Crippen LogP contribution in [0.1, 0.15) is 40.3 Å². The van der Waals surface area contributed by atoms with E-state index >= 15 is 0 Å². The number of hydrogen-bond acceptors (Lipinski definition) is 4. The topological polar surface area (TPSA) is 76.5 Å². The Kier molecular flexibility index (Phi) is 7.30. The summed E-state index contributed by atoms with van der Waals surface area (Å²) in [6.07, 6.45) is 0. The van der Waals surface area contributed by atoms with Crippen LogP contribution in [0.15, 0.2) is 30.3 Å². The molecule has 0 aliphatic heterocycles. The van der Waals surface area contributed by atoms with Gasteiger partial charge in [-0.05, 0) is 38.1 Å². The van der Waals surface area contributed by atoms with Gasteiger partial charge in [-0.2, -0.15) is 5.10 Å².